The molecule has 3 unspecified atom stereocenters. The molecular formula is C29H37FN2O4. The maximum absolute atomic E-state index is 13.7. The summed E-state index contributed by atoms with van der Waals surface area (Å²) in [5.41, 5.74) is 2.76. The number of amides is 1. The summed E-state index contributed by atoms with van der Waals surface area (Å²) in [5.74, 6) is -1.45. The van der Waals surface area contributed by atoms with Crippen molar-refractivity contribution in [2.75, 3.05) is 32.8 Å². The number of likely N-dealkylation sites (tertiary alicyclic amines) is 1. The zero-order valence-electron chi connectivity index (χ0n) is 21.3. The van der Waals surface area contributed by atoms with Crippen molar-refractivity contribution in [1.29, 1.82) is 0 Å². The molecule has 4 rings (SSSR count). The van der Waals surface area contributed by atoms with Crippen LogP contribution in [-0.2, 0) is 16.0 Å². The SMILES string of the molecule is CCCCN(CCCC)C(=O)CN1CC(c2ccc3c(c2)CCO3)C(C(=O)O)C1c1ccc(F)cc1. The average Bonchev–Trinajstić information content (AvgIpc) is 3.49. The van der Waals surface area contributed by atoms with Gasteiger partial charge in [0.25, 0.3) is 0 Å². The van der Waals surface area contributed by atoms with Crippen molar-refractivity contribution in [2.45, 2.75) is 57.9 Å². The van der Waals surface area contributed by atoms with E-state index in [9.17, 15) is 19.1 Å². The number of nitrogens with zero attached hydrogens (tertiary/aromatic N) is 2. The lowest BCUT2D eigenvalue weighted by Gasteiger charge is -2.30. The van der Waals surface area contributed by atoms with Crippen molar-refractivity contribution in [3.05, 3.63) is 65.0 Å². The van der Waals surface area contributed by atoms with E-state index in [2.05, 4.69) is 19.9 Å². The van der Waals surface area contributed by atoms with Crippen LogP contribution in [0.5, 0.6) is 5.75 Å². The number of hydrogen-bond donors (Lipinski definition) is 1. The summed E-state index contributed by atoms with van der Waals surface area (Å²) in [5, 5.41) is 10.4. The Balaban J connectivity index is 1.66. The van der Waals surface area contributed by atoms with Gasteiger partial charge in [0.15, 0.2) is 0 Å². The highest BCUT2D eigenvalue weighted by Gasteiger charge is 2.48. The largest absolute Gasteiger partial charge is 0.493 e. The molecule has 0 spiro atoms. The Kier molecular flexibility index (Phi) is 8.62. The van der Waals surface area contributed by atoms with E-state index < -0.39 is 17.9 Å². The minimum Gasteiger partial charge on any atom is -0.493 e. The van der Waals surface area contributed by atoms with E-state index in [-0.39, 0.29) is 24.2 Å². The second-order valence-corrected chi connectivity index (χ2v) is 9.95. The van der Waals surface area contributed by atoms with Gasteiger partial charge in [0.1, 0.15) is 11.6 Å². The molecule has 1 N–H and O–H groups in total. The number of rotatable bonds is 11. The highest BCUT2D eigenvalue weighted by atomic mass is 19.1. The third kappa shape index (κ3) is 5.72. The minimum atomic E-state index is -0.908. The molecule has 7 heteroatoms. The molecule has 0 bridgehead atoms. The van der Waals surface area contributed by atoms with Crippen LogP contribution >= 0.6 is 0 Å². The summed E-state index contributed by atoms with van der Waals surface area (Å²) in [7, 11) is 0. The van der Waals surface area contributed by atoms with Gasteiger partial charge in [-0.1, -0.05) is 51.0 Å². The van der Waals surface area contributed by atoms with E-state index in [0.717, 1.165) is 54.5 Å². The first-order chi connectivity index (χ1) is 17.4. The molecule has 1 amide bonds. The van der Waals surface area contributed by atoms with E-state index >= 15 is 0 Å². The predicted molar refractivity (Wildman–Crippen MR) is 137 cm³/mol. The summed E-state index contributed by atoms with van der Waals surface area (Å²) >= 11 is 0. The lowest BCUT2D eigenvalue weighted by Crippen LogP contribution is -2.42. The molecule has 0 saturated carbocycles. The van der Waals surface area contributed by atoms with Crippen molar-refractivity contribution in [3.63, 3.8) is 0 Å². The fraction of sp³-hybridized carbons (Fsp3) is 0.517. The van der Waals surface area contributed by atoms with Crippen LogP contribution in [0.2, 0.25) is 0 Å². The van der Waals surface area contributed by atoms with Gasteiger partial charge in [0.2, 0.25) is 5.91 Å². The maximum Gasteiger partial charge on any atom is 0.309 e. The van der Waals surface area contributed by atoms with Crippen LogP contribution in [0, 0.1) is 11.7 Å². The van der Waals surface area contributed by atoms with Crippen molar-refractivity contribution in [3.8, 4) is 5.75 Å². The highest BCUT2D eigenvalue weighted by molar-refractivity contribution is 5.79. The molecule has 0 radical (unpaired) electrons. The smallest absolute Gasteiger partial charge is 0.309 e. The first-order valence-electron chi connectivity index (χ1n) is 13.2. The molecule has 1 saturated heterocycles. The lowest BCUT2D eigenvalue weighted by atomic mass is 9.82. The van der Waals surface area contributed by atoms with Gasteiger partial charge in [0, 0.05) is 38.0 Å². The second-order valence-electron chi connectivity index (χ2n) is 9.95. The molecule has 194 valence electrons. The van der Waals surface area contributed by atoms with E-state index in [0.29, 0.717) is 26.2 Å². The Hall–Kier alpha value is -2.93. The number of fused-ring (bicyclic) bond motifs is 1. The van der Waals surface area contributed by atoms with Gasteiger partial charge in [-0.15, -0.1) is 0 Å². The average molecular weight is 497 g/mol. The summed E-state index contributed by atoms with van der Waals surface area (Å²) < 4.78 is 19.4. The highest BCUT2D eigenvalue weighted by Crippen LogP contribution is 2.46. The van der Waals surface area contributed by atoms with Crippen LogP contribution in [-0.4, -0.2) is 59.6 Å². The van der Waals surface area contributed by atoms with Crippen molar-refractivity contribution >= 4 is 11.9 Å². The summed E-state index contributed by atoms with van der Waals surface area (Å²) in [6, 6.07) is 11.4. The number of carbonyl (C=O) groups excluding carboxylic acids is 1. The molecular weight excluding hydrogens is 459 g/mol. The van der Waals surface area contributed by atoms with Crippen LogP contribution in [0.15, 0.2) is 42.5 Å². The number of unbranched alkanes of at least 4 members (excludes halogenated alkanes) is 2. The number of carbonyl (C=O) groups is 2. The van der Waals surface area contributed by atoms with Crippen molar-refractivity contribution in [2.24, 2.45) is 5.92 Å². The van der Waals surface area contributed by atoms with E-state index in [1.807, 2.05) is 21.9 Å². The zero-order chi connectivity index (χ0) is 25.7. The Morgan fingerprint density at radius 1 is 1.06 bits per heavy atom. The normalized spacial score (nSPS) is 21.2. The first-order valence-corrected chi connectivity index (χ1v) is 13.2. The maximum atomic E-state index is 13.7. The van der Waals surface area contributed by atoms with Gasteiger partial charge in [-0.25, -0.2) is 4.39 Å². The quantitative estimate of drug-likeness (QED) is 0.473. The molecule has 36 heavy (non-hydrogen) atoms. The van der Waals surface area contributed by atoms with Crippen LogP contribution < -0.4 is 4.74 Å². The number of halogens is 1. The number of carboxylic acids is 1. The van der Waals surface area contributed by atoms with Gasteiger partial charge in [-0.05, 0) is 47.7 Å². The molecule has 2 aliphatic rings. The number of ether oxygens (including phenoxy) is 1. The fourth-order valence-corrected chi connectivity index (χ4v) is 5.56. The van der Waals surface area contributed by atoms with Gasteiger partial charge in [-0.2, -0.15) is 0 Å². The Morgan fingerprint density at radius 2 is 1.72 bits per heavy atom. The third-order valence-corrected chi connectivity index (χ3v) is 7.49. The molecule has 2 aromatic carbocycles. The Morgan fingerprint density at radius 3 is 2.36 bits per heavy atom. The van der Waals surface area contributed by atoms with Crippen LogP contribution in [0.25, 0.3) is 0 Å². The minimum absolute atomic E-state index is 0.0242. The fourth-order valence-electron chi connectivity index (χ4n) is 5.56. The second kappa shape index (κ2) is 11.9. The monoisotopic (exact) mass is 496 g/mol. The molecule has 2 heterocycles. The molecule has 0 aliphatic carbocycles. The van der Waals surface area contributed by atoms with Crippen molar-refractivity contribution < 1.29 is 23.8 Å². The van der Waals surface area contributed by atoms with Gasteiger partial charge >= 0.3 is 5.97 Å². The lowest BCUT2D eigenvalue weighted by molar-refractivity contribution is -0.144. The van der Waals surface area contributed by atoms with E-state index in [1.54, 1.807) is 12.1 Å². The molecule has 2 aromatic rings. The van der Waals surface area contributed by atoms with Crippen LogP contribution in [0.3, 0.4) is 0 Å². The molecule has 6 nitrogen and oxygen atoms in total. The van der Waals surface area contributed by atoms with Gasteiger partial charge < -0.3 is 14.7 Å². The summed E-state index contributed by atoms with van der Waals surface area (Å²) in [6.07, 6.45) is 4.69. The predicted octanol–water partition coefficient (Wildman–Crippen LogP) is 5.03. The summed E-state index contributed by atoms with van der Waals surface area (Å²) in [4.78, 5) is 30.1. The van der Waals surface area contributed by atoms with E-state index in [1.165, 1.54) is 12.1 Å². The van der Waals surface area contributed by atoms with Crippen molar-refractivity contribution in [1.82, 2.24) is 9.80 Å². The molecule has 2 aliphatic heterocycles. The van der Waals surface area contributed by atoms with Gasteiger partial charge in [0.05, 0.1) is 19.1 Å². The topological polar surface area (TPSA) is 70.1 Å². The number of benzene rings is 2. The standard InChI is InChI=1S/C29H37FN2O4/c1-3-5-14-31(15-6-4-2)26(33)19-32-18-24(21-9-12-25-22(17-21)13-16-36-25)27(29(34)35)28(32)20-7-10-23(30)11-8-20/h7-12,17,24,27-28H,3-6,13-16,18-19H2,1-2H3,(H,34,35). The Labute approximate surface area is 213 Å². The number of aliphatic carboxylic acids is 1. The van der Waals surface area contributed by atoms with Crippen LogP contribution in [0.4, 0.5) is 4.39 Å². The number of carboxylic acid groups (broad SMARTS) is 1. The summed E-state index contributed by atoms with van der Waals surface area (Å²) in [6.45, 7) is 6.86. The van der Waals surface area contributed by atoms with Crippen LogP contribution in [0.1, 0.15) is 68.2 Å². The Bertz CT molecular complexity index is 1050. The first kappa shape index (κ1) is 26.1. The van der Waals surface area contributed by atoms with E-state index in [4.69, 9.17) is 4.74 Å². The molecule has 0 aromatic heterocycles. The van der Waals surface area contributed by atoms with Gasteiger partial charge in [-0.3, -0.25) is 14.5 Å². The third-order valence-electron chi connectivity index (χ3n) is 7.49. The zero-order valence-corrected chi connectivity index (χ0v) is 21.3. The molecule has 3 atom stereocenters. The number of hydrogen-bond acceptors (Lipinski definition) is 4. The molecule has 1 fully saturated rings.